The number of carbonyl (C=O) groups is 1. The molecule has 1 aromatic rings. The van der Waals surface area contributed by atoms with Crippen molar-refractivity contribution in [2.45, 2.75) is 25.3 Å². The molecule has 1 heterocycles. The lowest BCUT2D eigenvalue weighted by Gasteiger charge is -2.21. The van der Waals surface area contributed by atoms with Crippen molar-refractivity contribution >= 4 is 11.6 Å². The molecule has 1 amide bonds. The fourth-order valence-corrected chi connectivity index (χ4v) is 2.39. The van der Waals surface area contributed by atoms with Crippen molar-refractivity contribution in [3.8, 4) is 0 Å². The van der Waals surface area contributed by atoms with E-state index in [9.17, 15) is 14.9 Å². The summed E-state index contributed by atoms with van der Waals surface area (Å²) < 4.78 is 0. The van der Waals surface area contributed by atoms with E-state index in [-0.39, 0.29) is 18.0 Å². The molecule has 0 radical (unpaired) electrons. The maximum atomic E-state index is 12.1. The fraction of sp³-hybridized carbons (Fsp3) is 0.500. The van der Waals surface area contributed by atoms with Crippen LogP contribution in [-0.2, 0) is 11.2 Å². The molecule has 1 aromatic carbocycles. The van der Waals surface area contributed by atoms with Crippen LogP contribution in [0, 0.1) is 10.1 Å². The molecule has 1 unspecified atom stereocenters. The number of nitrogens with zero attached hydrogens (tertiary/aromatic N) is 2. The zero-order valence-corrected chi connectivity index (χ0v) is 11.5. The molecule has 20 heavy (non-hydrogen) atoms. The van der Waals surface area contributed by atoms with Gasteiger partial charge >= 0.3 is 0 Å². The van der Waals surface area contributed by atoms with E-state index in [1.54, 1.807) is 24.1 Å². The lowest BCUT2D eigenvalue weighted by atomic mass is 10.1. The molecule has 0 bridgehead atoms. The van der Waals surface area contributed by atoms with Crippen LogP contribution in [0.1, 0.15) is 18.4 Å². The number of likely N-dealkylation sites (N-methyl/N-ethyl adjacent to an activating group) is 1. The highest BCUT2D eigenvalue weighted by molar-refractivity contribution is 5.78. The van der Waals surface area contributed by atoms with Gasteiger partial charge in [-0.05, 0) is 24.9 Å². The SMILES string of the molecule is CN(CC1CCCN1)C(=O)Cc1ccc([N+](=O)[O-])cc1. The van der Waals surface area contributed by atoms with Gasteiger partial charge in [0.15, 0.2) is 0 Å². The van der Waals surface area contributed by atoms with Gasteiger partial charge in [0.2, 0.25) is 5.91 Å². The van der Waals surface area contributed by atoms with Crippen molar-refractivity contribution in [2.24, 2.45) is 0 Å². The highest BCUT2D eigenvalue weighted by Gasteiger charge is 2.19. The molecule has 0 aromatic heterocycles. The first-order chi connectivity index (χ1) is 9.56. The number of nitro benzene ring substituents is 1. The molecule has 1 atom stereocenters. The van der Waals surface area contributed by atoms with E-state index in [2.05, 4.69) is 5.32 Å². The molecule has 1 N–H and O–H groups in total. The first kappa shape index (κ1) is 14.5. The summed E-state index contributed by atoms with van der Waals surface area (Å²) in [5, 5.41) is 13.9. The van der Waals surface area contributed by atoms with Crippen LogP contribution in [0.25, 0.3) is 0 Å². The molecular formula is C14H19N3O3. The molecule has 108 valence electrons. The average Bonchev–Trinajstić information content (AvgIpc) is 2.92. The Morgan fingerprint density at radius 3 is 2.70 bits per heavy atom. The van der Waals surface area contributed by atoms with Crippen molar-refractivity contribution in [3.05, 3.63) is 39.9 Å². The molecule has 0 saturated carbocycles. The molecule has 1 aliphatic heterocycles. The van der Waals surface area contributed by atoms with E-state index >= 15 is 0 Å². The molecule has 0 aliphatic carbocycles. The van der Waals surface area contributed by atoms with E-state index in [1.807, 2.05) is 0 Å². The van der Waals surface area contributed by atoms with Crippen LogP contribution in [0.15, 0.2) is 24.3 Å². The van der Waals surface area contributed by atoms with Crippen LogP contribution in [0.2, 0.25) is 0 Å². The number of non-ortho nitro benzene ring substituents is 1. The fourth-order valence-electron chi connectivity index (χ4n) is 2.39. The van der Waals surface area contributed by atoms with Gasteiger partial charge < -0.3 is 10.2 Å². The van der Waals surface area contributed by atoms with Gasteiger partial charge in [-0.2, -0.15) is 0 Å². The highest BCUT2D eigenvalue weighted by atomic mass is 16.6. The Morgan fingerprint density at radius 2 is 2.15 bits per heavy atom. The quantitative estimate of drug-likeness (QED) is 0.651. The van der Waals surface area contributed by atoms with Gasteiger partial charge in [-0.25, -0.2) is 0 Å². The number of nitro groups is 1. The Bertz CT molecular complexity index is 481. The molecule has 1 fully saturated rings. The van der Waals surface area contributed by atoms with Crippen LogP contribution in [0.5, 0.6) is 0 Å². The maximum absolute atomic E-state index is 12.1. The number of rotatable bonds is 5. The molecule has 2 rings (SSSR count). The van der Waals surface area contributed by atoms with E-state index in [0.29, 0.717) is 12.6 Å². The Kier molecular flexibility index (Phi) is 4.68. The molecule has 6 heteroatoms. The second kappa shape index (κ2) is 6.47. The standard InChI is InChI=1S/C14H19N3O3/c1-16(10-12-3-2-8-15-12)14(18)9-11-4-6-13(7-5-11)17(19)20/h4-7,12,15H,2-3,8-10H2,1H3. The minimum atomic E-state index is -0.441. The van der Waals surface area contributed by atoms with E-state index < -0.39 is 4.92 Å². The number of carbonyl (C=O) groups excluding carboxylic acids is 1. The number of amides is 1. The van der Waals surface area contributed by atoms with Crippen LogP contribution in [0.3, 0.4) is 0 Å². The van der Waals surface area contributed by atoms with Gasteiger partial charge in [0, 0.05) is 31.8 Å². The van der Waals surface area contributed by atoms with Gasteiger partial charge in [0.05, 0.1) is 11.3 Å². The Labute approximate surface area is 117 Å². The summed E-state index contributed by atoms with van der Waals surface area (Å²) in [5.74, 6) is 0.0348. The number of hydrogen-bond donors (Lipinski definition) is 1. The smallest absolute Gasteiger partial charge is 0.269 e. The van der Waals surface area contributed by atoms with E-state index in [1.165, 1.54) is 12.1 Å². The Morgan fingerprint density at radius 1 is 1.45 bits per heavy atom. The van der Waals surface area contributed by atoms with Gasteiger partial charge in [-0.15, -0.1) is 0 Å². The lowest BCUT2D eigenvalue weighted by Crippen LogP contribution is -2.39. The van der Waals surface area contributed by atoms with Gasteiger partial charge in [-0.3, -0.25) is 14.9 Å². The highest BCUT2D eigenvalue weighted by Crippen LogP contribution is 2.13. The maximum Gasteiger partial charge on any atom is 0.269 e. The monoisotopic (exact) mass is 277 g/mol. The predicted molar refractivity (Wildman–Crippen MR) is 75.5 cm³/mol. The number of hydrogen-bond acceptors (Lipinski definition) is 4. The van der Waals surface area contributed by atoms with Gasteiger partial charge in [0.25, 0.3) is 5.69 Å². The summed E-state index contributed by atoms with van der Waals surface area (Å²) in [5.41, 5.74) is 0.844. The zero-order chi connectivity index (χ0) is 14.5. The van der Waals surface area contributed by atoms with Gasteiger partial charge in [0.1, 0.15) is 0 Å². The molecule has 6 nitrogen and oxygen atoms in total. The minimum Gasteiger partial charge on any atom is -0.344 e. The lowest BCUT2D eigenvalue weighted by molar-refractivity contribution is -0.384. The summed E-state index contributed by atoms with van der Waals surface area (Å²) in [6.45, 7) is 1.74. The normalized spacial score (nSPS) is 17.9. The van der Waals surface area contributed by atoms with Crippen molar-refractivity contribution in [1.29, 1.82) is 0 Å². The van der Waals surface area contributed by atoms with Crippen molar-refractivity contribution in [2.75, 3.05) is 20.1 Å². The van der Waals surface area contributed by atoms with Crippen molar-refractivity contribution < 1.29 is 9.72 Å². The van der Waals surface area contributed by atoms with Crippen LogP contribution in [-0.4, -0.2) is 41.9 Å². The summed E-state index contributed by atoms with van der Waals surface area (Å²) in [4.78, 5) is 23.9. The molecule has 0 spiro atoms. The van der Waals surface area contributed by atoms with Crippen molar-refractivity contribution in [1.82, 2.24) is 10.2 Å². The second-order valence-corrected chi connectivity index (χ2v) is 5.17. The summed E-state index contributed by atoms with van der Waals surface area (Å²) in [7, 11) is 1.80. The minimum absolute atomic E-state index is 0.0348. The molecular weight excluding hydrogens is 258 g/mol. The van der Waals surface area contributed by atoms with E-state index in [0.717, 1.165) is 24.9 Å². The topological polar surface area (TPSA) is 75.5 Å². The third-order valence-electron chi connectivity index (χ3n) is 3.58. The average molecular weight is 277 g/mol. The first-order valence-electron chi connectivity index (χ1n) is 6.77. The predicted octanol–water partition coefficient (Wildman–Crippen LogP) is 1.35. The summed E-state index contributed by atoms with van der Waals surface area (Å²) in [6.07, 6.45) is 2.55. The van der Waals surface area contributed by atoms with E-state index in [4.69, 9.17) is 0 Å². The van der Waals surface area contributed by atoms with Crippen molar-refractivity contribution in [3.63, 3.8) is 0 Å². The number of nitrogens with one attached hydrogen (secondary N) is 1. The first-order valence-corrected chi connectivity index (χ1v) is 6.77. The summed E-state index contributed by atoms with van der Waals surface area (Å²) in [6, 6.07) is 6.53. The Balaban J connectivity index is 1.87. The van der Waals surface area contributed by atoms with Crippen LogP contribution >= 0.6 is 0 Å². The third-order valence-corrected chi connectivity index (χ3v) is 3.58. The number of benzene rings is 1. The zero-order valence-electron chi connectivity index (χ0n) is 11.5. The molecule has 1 saturated heterocycles. The third kappa shape index (κ3) is 3.77. The molecule has 1 aliphatic rings. The Hall–Kier alpha value is -1.95. The largest absolute Gasteiger partial charge is 0.344 e. The van der Waals surface area contributed by atoms with Crippen LogP contribution < -0.4 is 5.32 Å². The van der Waals surface area contributed by atoms with Crippen LogP contribution in [0.4, 0.5) is 5.69 Å². The van der Waals surface area contributed by atoms with Gasteiger partial charge in [-0.1, -0.05) is 12.1 Å². The summed E-state index contributed by atoms with van der Waals surface area (Å²) >= 11 is 0. The second-order valence-electron chi connectivity index (χ2n) is 5.17.